The molecule has 0 aliphatic carbocycles. The molecule has 0 N–H and O–H groups in total. The summed E-state index contributed by atoms with van der Waals surface area (Å²) >= 11 is 6.14. The van der Waals surface area contributed by atoms with Crippen molar-refractivity contribution in [3.05, 3.63) is 101 Å². The Balaban J connectivity index is 1.52. The van der Waals surface area contributed by atoms with Crippen molar-refractivity contribution in [3.8, 4) is 5.75 Å². The van der Waals surface area contributed by atoms with Gasteiger partial charge in [0.05, 0.1) is 11.3 Å². The molecule has 2 amide bonds. The van der Waals surface area contributed by atoms with E-state index in [-0.39, 0.29) is 10.6 Å². The summed E-state index contributed by atoms with van der Waals surface area (Å²) in [4.78, 5) is 26.4. The van der Waals surface area contributed by atoms with Gasteiger partial charge in [0, 0.05) is 0 Å². The third kappa shape index (κ3) is 3.77. The van der Waals surface area contributed by atoms with E-state index in [9.17, 15) is 14.0 Å². The topological polar surface area (TPSA) is 46.6 Å². The van der Waals surface area contributed by atoms with Crippen molar-refractivity contribution in [1.29, 1.82) is 0 Å². The van der Waals surface area contributed by atoms with Crippen molar-refractivity contribution in [2.75, 3.05) is 4.90 Å². The Bertz CT molecular complexity index is 1090. The fourth-order valence-electron chi connectivity index (χ4n) is 3.04. The van der Waals surface area contributed by atoms with E-state index in [1.165, 1.54) is 24.3 Å². The molecule has 0 aromatic heterocycles. The minimum atomic E-state index is -0.617. The van der Waals surface area contributed by atoms with E-state index in [0.29, 0.717) is 23.6 Å². The number of amides is 2. The highest BCUT2D eigenvalue weighted by atomic mass is 35.5. The highest BCUT2D eigenvalue weighted by Gasteiger charge is 2.39. The molecule has 3 aromatic carbocycles. The van der Waals surface area contributed by atoms with Crippen molar-refractivity contribution in [2.24, 2.45) is 0 Å². The first kappa shape index (κ1) is 18.9. The predicted octanol–water partition coefficient (Wildman–Crippen LogP) is 4.93. The molecule has 0 bridgehead atoms. The molecule has 0 radical (unpaired) electrons. The predicted molar refractivity (Wildman–Crippen MR) is 109 cm³/mol. The van der Waals surface area contributed by atoms with E-state index < -0.39 is 17.6 Å². The number of carbonyl (C=O) groups is 2. The smallest absolute Gasteiger partial charge is 0.277 e. The number of halogens is 2. The van der Waals surface area contributed by atoms with Crippen LogP contribution in [0.5, 0.6) is 5.75 Å². The van der Waals surface area contributed by atoms with E-state index in [0.717, 1.165) is 10.5 Å². The average molecular weight is 408 g/mol. The summed E-state index contributed by atoms with van der Waals surface area (Å²) in [5.41, 5.74) is 1.85. The van der Waals surface area contributed by atoms with Crippen LogP contribution in [-0.2, 0) is 16.2 Å². The molecule has 0 spiro atoms. The zero-order valence-electron chi connectivity index (χ0n) is 15.1. The molecule has 0 fully saturated rings. The summed E-state index contributed by atoms with van der Waals surface area (Å²) in [6.07, 6.45) is 0. The van der Waals surface area contributed by atoms with Crippen molar-refractivity contribution < 1.29 is 18.7 Å². The van der Waals surface area contributed by atoms with Crippen LogP contribution in [0.4, 0.5) is 10.1 Å². The van der Waals surface area contributed by atoms with E-state index in [1.54, 1.807) is 24.3 Å². The molecule has 1 aliphatic heterocycles. The molecule has 4 nitrogen and oxygen atoms in total. The second-order valence-corrected chi connectivity index (χ2v) is 6.79. The zero-order chi connectivity index (χ0) is 20.4. The number of ether oxygens (including phenoxy) is 1. The first-order chi connectivity index (χ1) is 14.0. The Morgan fingerprint density at radius 2 is 1.48 bits per heavy atom. The molecule has 0 saturated heterocycles. The Kier molecular flexibility index (Phi) is 5.14. The van der Waals surface area contributed by atoms with Gasteiger partial charge in [-0.15, -0.1) is 0 Å². The quantitative estimate of drug-likeness (QED) is 0.563. The molecule has 0 saturated carbocycles. The van der Waals surface area contributed by atoms with Gasteiger partial charge in [-0.3, -0.25) is 9.59 Å². The molecule has 0 atom stereocenters. The third-order valence-corrected chi connectivity index (χ3v) is 4.85. The number of benzene rings is 3. The average Bonchev–Trinajstić information content (AvgIpc) is 2.97. The summed E-state index contributed by atoms with van der Waals surface area (Å²) in [6, 6.07) is 21.6. The van der Waals surface area contributed by atoms with Gasteiger partial charge in [-0.2, -0.15) is 0 Å². The number of anilines is 1. The van der Waals surface area contributed by atoms with Gasteiger partial charge in [0.25, 0.3) is 11.8 Å². The second kappa shape index (κ2) is 7.89. The van der Waals surface area contributed by atoms with Crippen LogP contribution in [0.15, 0.2) is 83.9 Å². The molecule has 6 heteroatoms. The van der Waals surface area contributed by atoms with Crippen molar-refractivity contribution >= 4 is 34.7 Å². The lowest BCUT2D eigenvalue weighted by Crippen LogP contribution is -2.31. The molecule has 0 unspecified atom stereocenters. The molecular weight excluding hydrogens is 393 g/mol. The summed E-state index contributed by atoms with van der Waals surface area (Å²) in [5.74, 6) is -1.00. The summed E-state index contributed by atoms with van der Waals surface area (Å²) in [7, 11) is 0. The van der Waals surface area contributed by atoms with Crippen molar-refractivity contribution in [1.82, 2.24) is 0 Å². The van der Waals surface area contributed by atoms with E-state index in [1.807, 2.05) is 30.3 Å². The van der Waals surface area contributed by atoms with Gasteiger partial charge in [0.2, 0.25) is 0 Å². The van der Waals surface area contributed by atoms with Crippen LogP contribution in [0.3, 0.4) is 0 Å². The van der Waals surface area contributed by atoms with E-state index in [2.05, 4.69) is 0 Å². The van der Waals surface area contributed by atoms with Crippen LogP contribution in [-0.4, -0.2) is 11.8 Å². The monoisotopic (exact) mass is 407 g/mol. The van der Waals surface area contributed by atoms with Crippen LogP contribution in [0.25, 0.3) is 5.57 Å². The SMILES string of the molecule is O=C1C(Cl)=C(c2ccc(F)cc2)C(=O)N1c1ccc(OCc2ccccc2)cc1. The molecule has 144 valence electrons. The molecule has 1 heterocycles. The minimum Gasteiger partial charge on any atom is -0.489 e. The van der Waals surface area contributed by atoms with E-state index in [4.69, 9.17) is 16.3 Å². The lowest BCUT2D eigenvalue weighted by atomic mass is 10.1. The van der Waals surface area contributed by atoms with Crippen LogP contribution < -0.4 is 9.64 Å². The number of hydrogen-bond donors (Lipinski definition) is 0. The van der Waals surface area contributed by atoms with Gasteiger partial charge in [-0.1, -0.05) is 54.1 Å². The van der Waals surface area contributed by atoms with Gasteiger partial charge in [-0.25, -0.2) is 9.29 Å². The maximum Gasteiger partial charge on any atom is 0.277 e. The minimum absolute atomic E-state index is 0.0565. The molecule has 1 aliphatic rings. The van der Waals surface area contributed by atoms with Crippen LogP contribution in [0.2, 0.25) is 0 Å². The number of hydrogen-bond acceptors (Lipinski definition) is 3. The largest absolute Gasteiger partial charge is 0.489 e. The van der Waals surface area contributed by atoms with Crippen molar-refractivity contribution in [3.63, 3.8) is 0 Å². The maximum atomic E-state index is 13.2. The third-order valence-electron chi connectivity index (χ3n) is 4.50. The summed E-state index contributed by atoms with van der Waals surface area (Å²) < 4.78 is 18.9. The summed E-state index contributed by atoms with van der Waals surface area (Å²) in [5, 5.41) is -0.189. The molecule has 29 heavy (non-hydrogen) atoms. The Hall–Kier alpha value is -3.44. The fraction of sp³-hybridized carbons (Fsp3) is 0.0435. The maximum absolute atomic E-state index is 13.2. The van der Waals surface area contributed by atoms with E-state index >= 15 is 0 Å². The Morgan fingerprint density at radius 3 is 2.14 bits per heavy atom. The lowest BCUT2D eigenvalue weighted by molar-refractivity contribution is -0.119. The van der Waals surface area contributed by atoms with Gasteiger partial charge in [0.15, 0.2) is 0 Å². The highest BCUT2D eigenvalue weighted by Crippen LogP contribution is 2.35. The normalized spacial score (nSPS) is 13.9. The van der Waals surface area contributed by atoms with Crippen molar-refractivity contribution in [2.45, 2.75) is 6.61 Å². The second-order valence-electron chi connectivity index (χ2n) is 6.41. The standard InChI is InChI=1S/C23H15ClFNO3/c24-21-20(16-6-8-17(25)9-7-16)22(27)26(23(21)28)18-10-12-19(13-11-18)29-14-15-4-2-1-3-5-15/h1-13H,14H2. The zero-order valence-corrected chi connectivity index (χ0v) is 15.9. The Morgan fingerprint density at radius 1 is 0.828 bits per heavy atom. The molecular formula is C23H15ClFNO3. The van der Waals surface area contributed by atoms with Gasteiger partial charge >= 0.3 is 0 Å². The van der Waals surface area contributed by atoms with Gasteiger partial charge in [-0.05, 0) is 47.5 Å². The first-order valence-electron chi connectivity index (χ1n) is 8.86. The number of carbonyl (C=O) groups excluding carboxylic acids is 2. The highest BCUT2D eigenvalue weighted by molar-refractivity contribution is 6.60. The van der Waals surface area contributed by atoms with Crippen LogP contribution >= 0.6 is 11.6 Å². The van der Waals surface area contributed by atoms with Gasteiger partial charge < -0.3 is 4.74 Å². The fourth-order valence-corrected chi connectivity index (χ4v) is 3.31. The Labute approximate surface area is 171 Å². The number of imide groups is 1. The van der Waals surface area contributed by atoms with Gasteiger partial charge in [0.1, 0.15) is 23.2 Å². The molecule has 4 rings (SSSR count). The lowest BCUT2D eigenvalue weighted by Gasteiger charge is -2.15. The number of rotatable bonds is 5. The first-order valence-corrected chi connectivity index (χ1v) is 9.23. The molecule has 3 aromatic rings. The van der Waals surface area contributed by atoms with Crippen LogP contribution in [0.1, 0.15) is 11.1 Å². The summed E-state index contributed by atoms with van der Waals surface area (Å²) in [6.45, 7) is 0.407. The van der Waals surface area contributed by atoms with Crippen LogP contribution in [0, 0.1) is 5.82 Å². The number of nitrogens with zero attached hydrogens (tertiary/aromatic N) is 1.